The van der Waals surface area contributed by atoms with Gasteiger partial charge in [-0.1, -0.05) is 30.3 Å². The number of hydrogen-bond donors (Lipinski definition) is 2. The highest BCUT2D eigenvalue weighted by molar-refractivity contribution is 5.96. The molecule has 0 saturated carbocycles. The molecule has 1 heterocycles. The summed E-state index contributed by atoms with van der Waals surface area (Å²) in [6.07, 6.45) is 3.41. The van der Waals surface area contributed by atoms with Gasteiger partial charge in [0.15, 0.2) is 6.61 Å². The third-order valence-corrected chi connectivity index (χ3v) is 4.12. The van der Waals surface area contributed by atoms with E-state index in [1.807, 2.05) is 37.4 Å². The number of nitrogens with one attached hydrogen (secondary N) is 1. The fourth-order valence-electron chi connectivity index (χ4n) is 2.73. The summed E-state index contributed by atoms with van der Waals surface area (Å²) < 4.78 is 19.9. The van der Waals surface area contributed by atoms with Crippen LogP contribution >= 0.6 is 0 Å². The van der Waals surface area contributed by atoms with Crippen LogP contribution in [0.3, 0.4) is 0 Å². The van der Waals surface area contributed by atoms with Gasteiger partial charge < -0.3 is 20.4 Å². The summed E-state index contributed by atoms with van der Waals surface area (Å²) in [6.45, 7) is -0.511. The number of amides is 1. The van der Waals surface area contributed by atoms with E-state index < -0.39 is 30.3 Å². The minimum Gasteiger partial charge on any atom is -0.452 e. The number of aromatic nitrogens is 2. The zero-order valence-electron chi connectivity index (χ0n) is 15.1. The van der Waals surface area contributed by atoms with Crippen molar-refractivity contribution in [2.45, 2.75) is 6.04 Å². The summed E-state index contributed by atoms with van der Waals surface area (Å²) in [6, 6.07) is 12.1. The zero-order chi connectivity index (χ0) is 20.1. The van der Waals surface area contributed by atoms with Crippen LogP contribution in [0.5, 0.6) is 0 Å². The van der Waals surface area contributed by atoms with Crippen LogP contribution in [0.15, 0.2) is 60.9 Å². The van der Waals surface area contributed by atoms with Gasteiger partial charge >= 0.3 is 5.97 Å². The number of nitrogens with zero attached hydrogens (tertiary/aromatic N) is 2. The molecule has 3 rings (SSSR count). The average molecular weight is 382 g/mol. The van der Waals surface area contributed by atoms with E-state index in [4.69, 9.17) is 10.5 Å². The maximum absolute atomic E-state index is 13.1. The van der Waals surface area contributed by atoms with E-state index in [1.54, 1.807) is 17.0 Å². The summed E-state index contributed by atoms with van der Waals surface area (Å²) in [5, 5.41) is 2.82. The summed E-state index contributed by atoms with van der Waals surface area (Å²) in [5.41, 5.74) is 6.39. The lowest BCUT2D eigenvalue weighted by molar-refractivity contribution is -0.124. The second kappa shape index (κ2) is 8.34. The molecule has 0 aliphatic heterocycles. The third-order valence-electron chi connectivity index (χ3n) is 4.12. The number of anilines is 1. The number of halogens is 1. The van der Waals surface area contributed by atoms with Gasteiger partial charge in [0.05, 0.1) is 5.56 Å². The summed E-state index contributed by atoms with van der Waals surface area (Å²) >= 11 is 0. The molecule has 3 aromatic rings. The van der Waals surface area contributed by atoms with Crippen molar-refractivity contribution in [2.24, 2.45) is 7.05 Å². The Labute approximate surface area is 161 Å². The second-order valence-electron chi connectivity index (χ2n) is 6.12. The monoisotopic (exact) mass is 382 g/mol. The molecule has 28 heavy (non-hydrogen) atoms. The minimum atomic E-state index is -0.805. The Morgan fingerprint density at radius 2 is 2.00 bits per heavy atom. The van der Waals surface area contributed by atoms with Crippen molar-refractivity contribution in [3.05, 3.63) is 83.7 Å². The SMILES string of the molecule is Cn1ccnc1C(NC(=O)COC(=O)c1ccc(F)cc1N)c1ccccc1. The molecular formula is C20H19FN4O3. The number of benzene rings is 2. The molecule has 1 atom stereocenters. The van der Waals surface area contributed by atoms with Crippen molar-refractivity contribution in [1.29, 1.82) is 0 Å². The third kappa shape index (κ3) is 4.35. The predicted molar refractivity (Wildman–Crippen MR) is 101 cm³/mol. The van der Waals surface area contributed by atoms with Crippen LogP contribution < -0.4 is 11.1 Å². The number of esters is 1. The molecule has 0 saturated heterocycles. The highest BCUT2D eigenvalue weighted by atomic mass is 19.1. The Hall–Kier alpha value is -3.68. The van der Waals surface area contributed by atoms with Crippen molar-refractivity contribution in [1.82, 2.24) is 14.9 Å². The Kier molecular flexibility index (Phi) is 5.69. The minimum absolute atomic E-state index is 0.00193. The van der Waals surface area contributed by atoms with E-state index in [9.17, 15) is 14.0 Å². The van der Waals surface area contributed by atoms with E-state index in [0.717, 1.165) is 17.7 Å². The molecule has 0 radical (unpaired) electrons. The lowest BCUT2D eigenvalue weighted by atomic mass is 10.1. The molecule has 3 N–H and O–H groups in total. The van der Waals surface area contributed by atoms with Crippen molar-refractivity contribution < 1.29 is 18.7 Å². The van der Waals surface area contributed by atoms with Crippen LogP contribution in [0.2, 0.25) is 0 Å². The van der Waals surface area contributed by atoms with Crippen LogP contribution in [0.4, 0.5) is 10.1 Å². The Balaban J connectivity index is 1.69. The molecule has 1 unspecified atom stereocenters. The average Bonchev–Trinajstić information content (AvgIpc) is 3.10. The van der Waals surface area contributed by atoms with Gasteiger partial charge in [0.2, 0.25) is 0 Å². The fourth-order valence-corrected chi connectivity index (χ4v) is 2.73. The van der Waals surface area contributed by atoms with Crippen molar-refractivity contribution >= 4 is 17.6 Å². The zero-order valence-corrected chi connectivity index (χ0v) is 15.1. The number of ether oxygens (including phenoxy) is 1. The Morgan fingerprint density at radius 1 is 1.25 bits per heavy atom. The van der Waals surface area contributed by atoms with E-state index in [2.05, 4.69) is 10.3 Å². The first-order valence-electron chi connectivity index (χ1n) is 8.49. The molecule has 1 amide bonds. The topological polar surface area (TPSA) is 99.2 Å². The van der Waals surface area contributed by atoms with E-state index >= 15 is 0 Å². The van der Waals surface area contributed by atoms with Gasteiger partial charge in [-0.15, -0.1) is 0 Å². The number of carbonyl (C=O) groups is 2. The maximum Gasteiger partial charge on any atom is 0.340 e. The van der Waals surface area contributed by atoms with Gasteiger partial charge in [0.1, 0.15) is 17.7 Å². The number of imidazole rings is 1. The van der Waals surface area contributed by atoms with Gasteiger partial charge in [-0.2, -0.15) is 0 Å². The van der Waals surface area contributed by atoms with Gasteiger partial charge in [-0.05, 0) is 23.8 Å². The molecule has 2 aromatic carbocycles. The maximum atomic E-state index is 13.1. The highest BCUT2D eigenvalue weighted by Crippen LogP contribution is 2.20. The molecule has 7 nitrogen and oxygen atoms in total. The van der Waals surface area contributed by atoms with Crippen LogP contribution in [-0.2, 0) is 16.6 Å². The molecule has 8 heteroatoms. The normalized spacial score (nSPS) is 11.6. The first kappa shape index (κ1) is 19.1. The highest BCUT2D eigenvalue weighted by Gasteiger charge is 2.21. The largest absolute Gasteiger partial charge is 0.452 e. The lowest BCUT2D eigenvalue weighted by Gasteiger charge is -2.19. The number of nitrogens with two attached hydrogens (primary N) is 1. The van der Waals surface area contributed by atoms with E-state index in [-0.39, 0.29) is 11.3 Å². The summed E-state index contributed by atoms with van der Waals surface area (Å²) in [4.78, 5) is 28.8. The van der Waals surface area contributed by atoms with Gasteiger partial charge in [-0.3, -0.25) is 4.79 Å². The number of hydrogen-bond acceptors (Lipinski definition) is 5. The van der Waals surface area contributed by atoms with Crippen LogP contribution in [0.1, 0.15) is 27.8 Å². The van der Waals surface area contributed by atoms with Crippen LogP contribution in [-0.4, -0.2) is 28.0 Å². The second-order valence-corrected chi connectivity index (χ2v) is 6.12. The first-order valence-corrected chi connectivity index (χ1v) is 8.49. The van der Waals surface area contributed by atoms with Crippen LogP contribution in [0.25, 0.3) is 0 Å². The lowest BCUT2D eigenvalue weighted by Crippen LogP contribution is -2.34. The molecule has 1 aromatic heterocycles. The number of nitrogen functional groups attached to an aromatic ring is 1. The molecule has 0 aliphatic rings. The smallest absolute Gasteiger partial charge is 0.340 e. The van der Waals surface area contributed by atoms with Crippen molar-refractivity contribution in [2.75, 3.05) is 12.3 Å². The van der Waals surface area contributed by atoms with Gasteiger partial charge in [0.25, 0.3) is 5.91 Å². The number of aryl methyl sites for hydroxylation is 1. The van der Waals surface area contributed by atoms with E-state index in [0.29, 0.717) is 5.82 Å². The summed E-state index contributed by atoms with van der Waals surface area (Å²) in [7, 11) is 1.82. The van der Waals surface area contributed by atoms with Gasteiger partial charge in [0, 0.05) is 25.1 Å². The predicted octanol–water partition coefficient (Wildman–Crippen LogP) is 2.20. The quantitative estimate of drug-likeness (QED) is 0.503. The molecule has 0 bridgehead atoms. The molecule has 0 aliphatic carbocycles. The Bertz CT molecular complexity index is 988. The van der Waals surface area contributed by atoms with Gasteiger partial charge in [-0.25, -0.2) is 14.2 Å². The van der Waals surface area contributed by atoms with E-state index in [1.165, 1.54) is 6.07 Å². The molecule has 144 valence electrons. The molecule has 0 fully saturated rings. The van der Waals surface area contributed by atoms with Crippen molar-refractivity contribution in [3.8, 4) is 0 Å². The summed E-state index contributed by atoms with van der Waals surface area (Å²) in [5.74, 6) is -1.24. The standard InChI is InChI=1S/C20H19FN4O3/c1-25-10-9-23-19(25)18(13-5-3-2-4-6-13)24-17(26)12-28-20(27)15-8-7-14(21)11-16(15)22/h2-11,18H,12,22H2,1H3,(H,24,26). The Morgan fingerprint density at radius 3 is 2.64 bits per heavy atom. The molecular weight excluding hydrogens is 363 g/mol. The van der Waals surface area contributed by atoms with Crippen LogP contribution in [0, 0.1) is 5.82 Å². The first-order chi connectivity index (χ1) is 13.5. The van der Waals surface area contributed by atoms with Crippen molar-refractivity contribution in [3.63, 3.8) is 0 Å². The number of carbonyl (C=O) groups excluding carboxylic acids is 2. The molecule has 0 spiro atoms. The fraction of sp³-hybridized carbons (Fsp3) is 0.150. The number of rotatable bonds is 6.